The van der Waals surface area contributed by atoms with E-state index in [4.69, 9.17) is 0 Å². The van der Waals surface area contributed by atoms with Gasteiger partial charge in [-0.15, -0.1) is 11.8 Å². The van der Waals surface area contributed by atoms with Crippen molar-refractivity contribution < 1.29 is 17.0 Å². The van der Waals surface area contributed by atoms with E-state index in [0.29, 0.717) is 0 Å². The fraction of sp³-hybridized carbons (Fsp3) is 0.611. The summed E-state index contributed by atoms with van der Waals surface area (Å²) in [5.41, 5.74) is 1.44. The Balaban J connectivity index is 0.00000361. The maximum atomic E-state index is 3.30. The van der Waals surface area contributed by atoms with Crippen LogP contribution in [0.15, 0.2) is 24.5 Å². The zero-order chi connectivity index (χ0) is 13.8. The Kier molecular flexibility index (Phi) is 12.4. The summed E-state index contributed by atoms with van der Waals surface area (Å²) >= 11 is 0. The average molecular weight is 294 g/mol. The van der Waals surface area contributed by atoms with Gasteiger partial charge < -0.3 is 12.4 Å². The first-order chi connectivity index (χ1) is 9.33. The van der Waals surface area contributed by atoms with Crippen molar-refractivity contribution in [3.63, 3.8) is 0 Å². The first kappa shape index (κ1) is 19.0. The molecule has 0 radical (unpaired) electrons. The predicted octanol–water partition coefficient (Wildman–Crippen LogP) is 1.20. The van der Waals surface area contributed by atoms with Gasteiger partial charge in [-0.05, 0) is 31.2 Å². The van der Waals surface area contributed by atoms with Crippen molar-refractivity contribution in [3.05, 3.63) is 30.1 Å². The van der Waals surface area contributed by atoms with Crippen LogP contribution in [0.3, 0.4) is 0 Å². The molecular formula is C18H28ClN. The third-order valence-electron chi connectivity index (χ3n) is 3.35. The van der Waals surface area contributed by atoms with Crippen LogP contribution in [0.5, 0.6) is 0 Å². The van der Waals surface area contributed by atoms with Gasteiger partial charge in [-0.3, -0.25) is 0 Å². The lowest BCUT2D eigenvalue weighted by molar-refractivity contribution is -0.671. The zero-order valence-corrected chi connectivity index (χ0v) is 13.8. The lowest BCUT2D eigenvalue weighted by Crippen LogP contribution is -3.00. The summed E-state index contributed by atoms with van der Waals surface area (Å²) in [5.74, 6) is 6.60. The van der Waals surface area contributed by atoms with Gasteiger partial charge in [-0.2, -0.15) is 0 Å². The normalized spacial score (nSPS) is 9.50. The fourth-order valence-electron chi connectivity index (χ4n) is 2.06. The highest BCUT2D eigenvalue weighted by Crippen LogP contribution is 2.05. The van der Waals surface area contributed by atoms with Crippen LogP contribution in [0.25, 0.3) is 0 Å². The van der Waals surface area contributed by atoms with Crippen LogP contribution in [0.4, 0.5) is 0 Å². The molecule has 0 aliphatic rings. The van der Waals surface area contributed by atoms with Crippen LogP contribution < -0.4 is 17.0 Å². The molecule has 2 heteroatoms. The molecule has 0 bridgehead atoms. The van der Waals surface area contributed by atoms with E-state index in [1.165, 1.54) is 50.5 Å². The van der Waals surface area contributed by atoms with Gasteiger partial charge in [0.1, 0.15) is 7.05 Å². The Labute approximate surface area is 131 Å². The maximum Gasteiger partial charge on any atom is 0.168 e. The Morgan fingerprint density at radius 3 is 2.10 bits per heavy atom. The van der Waals surface area contributed by atoms with Crippen LogP contribution >= 0.6 is 0 Å². The average Bonchev–Trinajstić information content (AvgIpc) is 2.43. The molecule has 0 aromatic carbocycles. The first-order valence-corrected chi connectivity index (χ1v) is 7.73. The molecule has 1 aromatic rings. The molecule has 112 valence electrons. The number of nitrogens with zero attached hydrogens (tertiary/aromatic N) is 1. The summed E-state index contributed by atoms with van der Waals surface area (Å²) in [7, 11) is 2.06. The fourth-order valence-corrected chi connectivity index (χ4v) is 2.06. The molecule has 1 nitrogen and oxygen atoms in total. The van der Waals surface area contributed by atoms with Crippen LogP contribution in [0.2, 0.25) is 0 Å². The van der Waals surface area contributed by atoms with E-state index in [0.717, 1.165) is 12.8 Å². The van der Waals surface area contributed by atoms with E-state index in [9.17, 15) is 0 Å². The molecule has 0 N–H and O–H groups in total. The molecule has 1 heterocycles. The minimum absolute atomic E-state index is 0. The summed E-state index contributed by atoms with van der Waals surface area (Å²) < 4.78 is 2.08. The topological polar surface area (TPSA) is 3.88 Å². The summed E-state index contributed by atoms with van der Waals surface area (Å²) in [5, 5.41) is 0. The minimum Gasteiger partial charge on any atom is -1.00 e. The summed E-state index contributed by atoms with van der Waals surface area (Å²) in [6.45, 7) is 2.25. The summed E-state index contributed by atoms with van der Waals surface area (Å²) in [6.07, 6.45) is 15.3. The Bertz CT molecular complexity index is 386. The minimum atomic E-state index is 0. The van der Waals surface area contributed by atoms with E-state index in [1.54, 1.807) is 0 Å². The largest absolute Gasteiger partial charge is 1.00 e. The van der Waals surface area contributed by atoms with E-state index >= 15 is 0 Å². The van der Waals surface area contributed by atoms with Crippen molar-refractivity contribution >= 4 is 0 Å². The number of pyridine rings is 1. The highest BCUT2D eigenvalue weighted by Gasteiger charge is 1.95. The Hall–Kier alpha value is -1.00. The second-order valence-electron chi connectivity index (χ2n) is 5.24. The SMILES string of the molecule is CCCCCCC#CCCCCc1cc[n+](C)cc1.[Cl-]. The number of halogens is 1. The molecule has 0 fully saturated rings. The van der Waals surface area contributed by atoms with Crippen molar-refractivity contribution in [1.82, 2.24) is 0 Å². The molecule has 1 rings (SSSR count). The van der Waals surface area contributed by atoms with Gasteiger partial charge in [0.25, 0.3) is 0 Å². The highest BCUT2D eigenvalue weighted by molar-refractivity contribution is 5.07. The number of rotatable bonds is 8. The lowest BCUT2D eigenvalue weighted by atomic mass is 10.1. The van der Waals surface area contributed by atoms with Gasteiger partial charge in [0, 0.05) is 25.0 Å². The summed E-state index contributed by atoms with van der Waals surface area (Å²) in [4.78, 5) is 0. The molecule has 0 aliphatic heterocycles. The van der Waals surface area contributed by atoms with Gasteiger partial charge in [0.2, 0.25) is 0 Å². The third-order valence-corrected chi connectivity index (χ3v) is 3.35. The Morgan fingerprint density at radius 1 is 0.900 bits per heavy atom. The van der Waals surface area contributed by atoms with Gasteiger partial charge in [0.05, 0.1) is 0 Å². The third kappa shape index (κ3) is 9.87. The second-order valence-corrected chi connectivity index (χ2v) is 5.24. The van der Waals surface area contributed by atoms with Crippen molar-refractivity contribution in [1.29, 1.82) is 0 Å². The van der Waals surface area contributed by atoms with Crippen LogP contribution in [-0.4, -0.2) is 0 Å². The monoisotopic (exact) mass is 293 g/mol. The van der Waals surface area contributed by atoms with Gasteiger partial charge >= 0.3 is 0 Å². The Morgan fingerprint density at radius 2 is 1.50 bits per heavy atom. The van der Waals surface area contributed by atoms with Crippen molar-refractivity contribution in [2.45, 2.75) is 64.7 Å². The van der Waals surface area contributed by atoms with Crippen LogP contribution in [0.1, 0.15) is 63.9 Å². The number of unbranched alkanes of at least 4 members (excludes halogenated alkanes) is 6. The molecule has 0 spiro atoms. The standard InChI is InChI=1S/C18H28N.ClH/c1-3-4-5-6-7-8-9-10-11-12-13-18-14-16-19(2)17-15-18;/h14-17H,3-7,10-13H2,1-2H3;1H/q+1;/p-1. The number of aryl methyl sites for hydroxylation is 2. The predicted molar refractivity (Wildman–Crippen MR) is 81.7 cm³/mol. The van der Waals surface area contributed by atoms with Gasteiger partial charge in [0.15, 0.2) is 12.4 Å². The van der Waals surface area contributed by atoms with E-state index in [-0.39, 0.29) is 12.4 Å². The van der Waals surface area contributed by atoms with Crippen molar-refractivity contribution in [3.8, 4) is 11.8 Å². The summed E-state index contributed by atoms with van der Waals surface area (Å²) in [6, 6.07) is 4.42. The first-order valence-electron chi connectivity index (χ1n) is 7.73. The molecule has 0 amide bonds. The van der Waals surface area contributed by atoms with Crippen molar-refractivity contribution in [2.75, 3.05) is 0 Å². The van der Waals surface area contributed by atoms with Gasteiger partial charge in [-0.25, -0.2) is 4.57 Å². The van der Waals surface area contributed by atoms with Crippen LogP contribution in [0, 0.1) is 11.8 Å². The highest BCUT2D eigenvalue weighted by atomic mass is 35.5. The number of hydrogen-bond acceptors (Lipinski definition) is 0. The molecule has 20 heavy (non-hydrogen) atoms. The molecule has 0 atom stereocenters. The van der Waals surface area contributed by atoms with Crippen LogP contribution in [-0.2, 0) is 13.5 Å². The zero-order valence-electron chi connectivity index (χ0n) is 13.0. The molecule has 0 saturated carbocycles. The number of hydrogen-bond donors (Lipinski definition) is 0. The van der Waals surface area contributed by atoms with E-state index in [2.05, 4.69) is 54.9 Å². The molecule has 0 aliphatic carbocycles. The smallest absolute Gasteiger partial charge is 0.168 e. The molecule has 1 aromatic heterocycles. The molecule has 0 saturated heterocycles. The molecule has 0 unspecified atom stereocenters. The second kappa shape index (κ2) is 13.0. The molecular weight excluding hydrogens is 266 g/mol. The van der Waals surface area contributed by atoms with E-state index in [1.807, 2.05) is 0 Å². The lowest BCUT2D eigenvalue weighted by Gasteiger charge is -1.98. The maximum absolute atomic E-state index is 3.30. The quantitative estimate of drug-likeness (QED) is 0.385. The van der Waals surface area contributed by atoms with E-state index < -0.39 is 0 Å². The van der Waals surface area contributed by atoms with Gasteiger partial charge in [-0.1, -0.05) is 26.2 Å². The van der Waals surface area contributed by atoms with Crippen molar-refractivity contribution in [2.24, 2.45) is 7.05 Å². The number of aromatic nitrogens is 1.